The molecule has 0 aliphatic heterocycles. The first kappa shape index (κ1) is 16.1. The van der Waals surface area contributed by atoms with Gasteiger partial charge in [0.05, 0.1) is 12.7 Å². The van der Waals surface area contributed by atoms with Crippen molar-refractivity contribution < 1.29 is 4.74 Å². The van der Waals surface area contributed by atoms with Crippen LogP contribution < -0.4 is 11.5 Å². The average Bonchev–Trinajstić information content (AvgIpc) is 2.48. The van der Waals surface area contributed by atoms with Crippen LogP contribution in [0.15, 0.2) is 54.6 Å². The van der Waals surface area contributed by atoms with Crippen molar-refractivity contribution in [2.24, 2.45) is 0 Å². The van der Waals surface area contributed by atoms with Crippen LogP contribution in [0.1, 0.15) is 25.8 Å². The topological polar surface area (TPSA) is 61.3 Å². The number of nitrogen functional groups attached to an aromatic ring is 2. The second kappa shape index (κ2) is 8.99. The Bertz CT molecular complexity index is 459. The van der Waals surface area contributed by atoms with Crippen molar-refractivity contribution in [1.29, 1.82) is 0 Å². The lowest BCUT2D eigenvalue weighted by atomic mass is 10.2. The summed E-state index contributed by atoms with van der Waals surface area (Å²) in [6.07, 6.45) is 1.28. The molecular formula is C17H24N2O. The van der Waals surface area contributed by atoms with Gasteiger partial charge in [-0.1, -0.05) is 49.4 Å². The highest BCUT2D eigenvalue weighted by atomic mass is 16.5. The van der Waals surface area contributed by atoms with Crippen LogP contribution in [0.25, 0.3) is 0 Å². The van der Waals surface area contributed by atoms with Crippen molar-refractivity contribution in [2.45, 2.75) is 33.0 Å². The fourth-order valence-corrected chi connectivity index (χ4v) is 1.48. The minimum Gasteiger partial charge on any atom is -0.399 e. The molecule has 3 nitrogen and oxygen atoms in total. The number of rotatable bonds is 4. The number of benzene rings is 2. The van der Waals surface area contributed by atoms with Gasteiger partial charge in [0.15, 0.2) is 0 Å². The van der Waals surface area contributed by atoms with E-state index in [2.05, 4.69) is 6.92 Å². The van der Waals surface area contributed by atoms with Crippen LogP contribution in [0, 0.1) is 0 Å². The average molecular weight is 272 g/mol. The van der Waals surface area contributed by atoms with Crippen molar-refractivity contribution in [3.05, 3.63) is 60.2 Å². The monoisotopic (exact) mass is 272 g/mol. The zero-order valence-electron chi connectivity index (χ0n) is 12.3. The van der Waals surface area contributed by atoms with Gasteiger partial charge in [0.1, 0.15) is 0 Å². The maximum atomic E-state index is 5.79. The van der Waals surface area contributed by atoms with E-state index in [1.54, 1.807) is 6.07 Å². The molecule has 1 atom stereocenters. The number of anilines is 2. The molecule has 2 aromatic carbocycles. The largest absolute Gasteiger partial charge is 0.399 e. The molecule has 2 aromatic rings. The van der Waals surface area contributed by atoms with E-state index >= 15 is 0 Å². The second-order valence-corrected chi connectivity index (χ2v) is 4.64. The molecule has 4 N–H and O–H groups in total. The summed E-state index contributed by atoms with van der Waals surface area (Å²) in [4.78, 5) is 0. The third kappa shape index (κ3) is 6.25. The highest BCUT2D eigenvalue weighted by Crippen LogP contribution is 2.17. The van der Waals surface area contributed by atoms with Gasteiger partial charge in [-0.05, 0) is 25.5 Å². The first-order chi connectivity index (χ1) is 9.63. The van der Waals surface area contributed by atoms with Gasteiger partial charge in [-0.25, -0.2) is 0 Å². The van der Waals surface area contributed by atoms with Gasteiger partial charge < -0.3 is 16.2 Å². The quantitative estimate of drug-likeness (QED) is 0.831. The minimum absolute atomic E-state index is 0.270. The van der Waals surface area contributed by atoms with E-state index in [0.29, 0.717) is 18.0 Å². The molecule has 0 aliphatic carbocycles. The molecule has 0 aromatic heterocycles. The molecule has 0 radical (unpaired) electrons. The van der Waals surface area contributed by atoms with Gasteiger partial charge in [-0.3, -0.25) is 0 Å². The zero-order chi connectivity index (χ0) is 14.8. The van der Waals surface area contributed by atoms with Gasteiger partial charge in [0.2, 0.25) is 0 Å². The molecule has 0 bridgehead atoms. The zero-order valence-corrected chi connectivity index (χ0v) is 12.3. The Balaban J connectivity index is 0.000000276. The number of hydrogen-bond acceptors (Lipinski definition) is 3. The summed E-state index contributed by atoms with van der Waals surface area (Å²) < 4.78 is 5.58. The lowest BCUT2D eigenvalue weighted by Gasteiger charge is -2.12. The van der Waals surface area contributed by atoms with Gasteiger partial charge in [0.25, 0.3) is 0 Å². The molecule has 108 valence electrons. The molecule has 0 aliphatic rings. The van der Waals surface area contributed by atoms with Crippen LogP contribution in [-0.4, -0.2) is 6.10 Å². The van der Waals surface area contributed by atoms with Gasteiger partial charge in [0, 0.05) is 16.9 Å². The summed E-state index contributed by atoms with van der Waals surface area (Å²) in [5.74, 6) is 0. The molecular weight excluding hydrogens is 248 g/mol. The first-order valence-corrected chi connectivity index (χ1v) is 6.89. The molecule has 3 heteroatoms. The Kier molecular flexibility index (Phi) is 7.22. The molecule has 0 spiro atoms. The van der Waals surface area contributed by atoms with Crippen molar-refractivity contribution in [3.63, 3.8) is 0 Å². The second-order valence-electron chi connectivity index (χ2n) is 4.64. The molecule has 0 amide bonds. The predicted molar refractivity (Wildman–Crippen MR) is 86.3 cm³/mol. The van der Waals surface area contributed by atoms with Crippen molar-refractivity contribution in [2.75, 3.05) is 11.5 Å². The van der Waals surface area contributed by atoms with E-state index < -0.39 is 0 Å². The van der Waals surface area contributed by atoms with Gasteiger partial charge in [-0.2, -0.15) is 0 Å². The summed E-state index contributed by atoms with van der Waals surface area (Å²) in [7, 11) is 0. The maximum absolute atomic E-state index is 5.79. The van der Waals surface area contributed by atoms with E-state index in [1.807, 2.05) is 55.5 Å². The van der Waals surface area contributed by atoms with Crippen LogP contribution in [0.3, 0.4) is 0 Å². The van der Waals surface area contributed by atoms with Crippen molar-refractivity contribution >= 4 is 11.4 Å². The van der Waals surface area contributed by atoms with E-state index in [4.69, 9.17) is 16.2 Å². The SMILES string of the molecule is CCC(C)OCc1ccc(N)cc1N.c1ccccc1. The molecule has 1 unspecified atom stereocenters. The molecule has 0 heterocycles. The summed E-state index contributed by atoms with van der Waals surface area (Å²) in [5.41, 5.74) is 13.8. The normalized spacial score (nSPS) is 11.3. The van der Waals surface area contributed by atoms with E-state index in [-0.39, 0.29) is 6.10 Å². The molecule has 2 rings (SSSR count). The molecule has 0 fully saturated rings. The first-order valence-electron chi connectivity index (χ1n) is 6.89. The Morgan fingerprint density at radius 1 is 1.00 bits per heavy atom. The fourth-order valence-electron chi connectivity index (χ4n) is 1.48. The predicted octanol–water partition coefficient (Wildman–Crippen LogP) is 3.85. The van der Waals surface area contributed by atoms with Crippen molar-refractivity contribution in [1.82, 2.24) is 0 Å². The van der Waals surface area contributed by atoms with E-state index in [9.17, 15) is 0 Å². The van der Waals surface area contributed by atoms with Gasteiger partial charge >= 0.3 is 0 Å². The lowest BCUT2D eigenvalue weighted by molar-refractivity contribution is 0.0512. The molecule has 20 heavy (non-hydrogen) atoms. The lowest BCUT2D eigenvalue weighted by Crippen LogP contribution is -2.07. The summed E-state index contributed by atoms with van der Waals surface area (Å²) in [6, 6.07) is 17.5. The van der Waals surface area contributed by atoms with E-state index in [0.717, 1.165) is 12.0 Å². The Hall–Kier alpha value is -2.00. The van der Waals surface area contributed by atoms with Crippen LogP contribution in [0.4, 0.5) is 11.4 Å². The smallest absolute Gasteiger partial charge is 0.0740 e. The summed E-state index contributed by atoms with van der Waals surface area (Å²) in [5, 5.41) is 0. The number of ether oxygens (including phenoxy) is 1. The third-order valence-corrected chi connectivity index (χ3v) is 2.93. The van der Waals surface area contributed by atoms with Crippen molar-refractivity contribution in [3.8, 4) is 0 Å². The Morgan fingerprint density at radius 3 is 2.00 bits per heavy atom. The Labute approximate surface area is 121 Å². The minimum atomic E-state index is 0.270. The van der Waals surface area contributed by atoms with Crippen LogP contribution >= 0.6 is 0 Å². The van der Waals surface area contributed by atoms with Crippen LogP contribution in [0.5, 0.6) is 0 Å². The number of nitrogens with two attached hydrogens (primary N) is 2. The Morgan fingerprint density at radius 2 is 1.55 bits per heavy atom. The molecule has 0 saturated carbocycles. The van der Waals surface area contributed by atoms with Crippen LogP contribution in [-0.2, 0) is 11.3 Å². The highest BCUT2D eigenvalue weighted by Gasteiger charge is 2.02. The fraction of sp³-hybridized carbons (Fsp3) is 0.294. The maximum Gasteiger partial charge on any atom is 0.0740 e. The summed E-state index contributed by atoms with van der Waals surface area (Å²) >= 11 is 0. The summed E-state index contributed by atoms with van der Waals surface area (Å²) in [6.45, 7) is 4.70. The standard InChI is InChI=1S/C11H18N2O.C6H6/c1-3-8(2)14-7-9-4-5-10(12)6-11(9)13;1-2-4-6-5-3-1/h4-6,8H,3,7,12-13H2,1-2H3;1-6H. The third-order valence-electron chi connectivity index (χ3n) is 2.93. The van der Waals surface area contributed by atoms with Gasteiger partial charge in [-0.15, -0.1) is 0 Å². The highest BCUT2D eigenvalue weighted by molar-refractivity contribution is 5.56. The van der Waals surface area contributed by atoms with E-state index in [1.165, 1.54) is 0 Å². The molecule has 0 saturated heterocycles. The van der Waals surface area contributed by atoms with Crippen LogP contribution in [0.2, 0.25) is 0 Å². The number of hydrogen-bond donors (Lipinski definition) is 2.